The van der Waals surface area contributed by atoms with E-state index in [4.69, 9.17) is 4.74 Å². The number of nitrogens with zero attached hydrogens (tertiary/aromatic N) is 5. The number of amides is 6. The number of H-pyrrole nitrogens is 1. The summed E-state index contributed by atoms with van der Waals surface area (Å²) in [5, 5.41) is 12.3. The fourth-order valence-corrected chi connectivity index (χ4v) is 8.25. The van der Waals surface area contributed by atoms with Crippen LogP contribution >= 0.6 is 0 Å². The van der Waals surface area contributed by atoms with Gasteiger partial charge in [-0.1, -0.05) is 30.3 Å². The summed E-state index contributed by atoms with van der Waals surface area (Å²) in [5.41, 5.74) is 3.81. The first-order chi connectivity index (χ1) is 27.5. The zero-order valence-electron chi connectivity index (χ0n) is 31.4. The van der Waals surface area contributed by atoms with Gasteiger partial charge in [0.2, 0.25) is 11.8 Å². The Hall–Kier alpha value is -6.26. The lowest BCUT2D eigenvalue weighted by molar-refractivity contribution is -0.143. The lowest BCUT2D eigenvalue weighted by Gasteiger charge is -2.38. The van der Waals surface area contributed by atoms with Gasteiger partial charge in [-0.2, -0.15) is 5.10 Å². The molecule has 16 heteroatoms. The average molecular weight is 777 g/mol. The molecule has 294 valence electrons. The molecule has 0 aliphatic carbocycles. The van der Waals surface area contributed by atoms with E-state index in [-0.39, 0.29) is 48.4 Å². The standard InChI is InChI=1S/C41H41FN8O7/c1-47(20-23-18-28-34(30(42)19-23)40(55)50(39(28)54)32-12-13-33(51)43-38(32)53)26-14-16-48(17-15-26)27-10-8-25(9-11-27)37(52)44-36-29-21-49(22-31(29)45-46-36)41(56)35(57-2)24-6-4-3-5-7-24/h3-11,18-19,26,32,35H,12-17,20-22H2,1-2H3,(H,43,51,53)(H2,44,45,46,52). The molecule has 0 saturated carbocycles. The highest BCUT2D eigenvalue weighted by Gasteiger charge is 2.46. The number of hydrogen-bond donors (Lipinski definition) is 3. The minimum absolute atomic E-state index is 0.00414. The first-order valence-corrected chi connectivity index (χ1v) is 18.8. The van der Waals surface area contributed by atoms with Crippen molar-refractivity contribution in [3.8, 4) is 0 Å². The van der Waals surface area contributed by atoms with E-state index in [9.17, 15) is 28.8 Å². The molecular formula is C41H41FN8O7. The number of nitrogens with one attached hydrogen (secondary N) is 3. The molecule has 0 radical (unpaired) electrons. The number of piperidine rings is 2. The normalized spacial score (nSPS) is 18.9. The zero-order chi connectivity index (χ0) is 40.0. The van der Waals surface area contributed by atoms with Crippen LogP contribution in [0.25, 0.3) is 0 Å². The summed E-state index contributed by atoms with van der Waals surface area (Å²) in [6, 6.07) is 18.4. The maximum atomic E-state index is 15.3. The molecule has 4 aromatic rings. The first kappa shape index (κ1) is 37.7. The number of aromatic amines is 1. The molecule has 5 heterocycles. The van der Waals surface area contributed by atoms with Crippen LogP contribution in [0.1, 0.15) is 85.2 Å². The van der Waals surface area contributed by atoms with Crippen molar-refractivity contribution < 1.29 is 37.9 Å². The van der Waals surface area contributed by atoms with Gasteiger partial charge < -0.3 is 19.9 Å². The van der Waals surface area contributed by atoms with E-state index in [1.54, 1.807) is 17.0 Å². The topological polar surface area (TPSA) is 177 Å². The number of benzene rings is 3. The summed E-state index contributed by atoms with van der Waals surface area (Å²) in [7, 11) is 3.44. The monoisotopic (exact) mass is 776 g/mol. The molecule has 3 aromatic carbocycles. The van der Waals surface area contributed by atoms with Crippen molar-refractivity contribution in [3.05, 3.63) is 112 Å². The summed E-state index contributed by atoms with van der Waals surface area (Å²) in [4.78, 5) is 83.8. The van der Waals surface area contributed by atoms with E-state index in [0.717, 1.165) is 53.3 Å². The number of aromatic nitrogens is 2. The summed E-state index contributed by atoms with van der Waals surface area (Å²) in [6.45, 7) is 2.44. The van der Waals surface area contributed by atoms with Gasteiger partial charge in [0.05, 0.1) is 29.9 Å². The highest BCUT2D eigenvalue weighted by molar-refractivity contribution is 6.23. The molecule has 2 unspecified atom stereocenters. The second-order valence-electron chi connectivity index (χ2n) is 14.8. The predicted molar refractivity (Wildman–Crippen MR) is 203 cm³/mol. The lowest BCUT2D eigenvalue weighted by atomic mass is 10.0. The molecule has 4 aliphatic rings. The molecule has 15 nitrogen and oxygen atoms in total. The molecule has 3 N–H and O–H groups in total. The smallest absolute Gasteiger partial charge is 0.265 e. The molecule has 1 aromatic heterocycles. The second kappa shape index (κ2) is 15.3. The van der Waals surface area contributed by atoms with E-state index in [0.29, 0.717) is 30.0 Å². The van der Waals surface area contributed by atoms with E-state index in [1.165, 1.54) is 19.2 Å². The van der Waals surface area contributed by atoms with Crippen LogP contribution in [0.4, 0.5) is 15.9 Å². The molecule has 57 heavy (non-hydrogen) atoms. The van der Waals surface area contributed by atoms with Gasteiger partial charge in [0, 0.05) is 56.0 Å². The second-order valence-corrected chi connectivity index (χ2v) is 14.8. The van der Waals surface area contributed by atoms with E-state index in [2.05, 4.69) is 30.6 Å². The number of hydrogen-bond acceptors (Lipinski definition) is 10. The van der Waals surface area contributed by atoms with Gasteiger partial charge in [-0.3, -0.25) is 49.0 Å². The van der Waals surface area contributed by atoms with Crippen LogP contribution in [0.5, 0.6) is 0 Å². The van der Waals surface area contributed by atoms with Gasteiger partial charge >= 0.3 is 0 Å². The van der Waals surface area contributed by atoms with Crippen LogP contribution in [0.3, 0.4) is 0 Å². The van der Waals surface area contributed by atoms with E-state index in [1.807, 2.05) is 49.5 Å². The molecule has 2 atom stereocenters. The number of halogens is 1. The number of ether oxygens (including phenoxy) is 1. The average Bonchev–Trinajstić information content (AvgIpc) is 3.88. The summed E-state index contributed by atoms with van der Waals surface area (Å²) < 4.78 is 20.9. The van der Waals surface area contributed by atoms with Gasteiger partial charge in [0.25, 0.3) is 23.6 Å². The van der Waals surface area contributed by atoms with Crippen LogP contribution in [0.2, 0.25) is 0 Å². The van der Waals surface area contributed by atoms with Gasteiger partial charge in [0.15, 0.2) is 11.9 Å². The number of anilines is 2. The molecule has 6 amide bonds. The van der Waals surface area contributed by atoms with Crippen molar-refractivity contribution in [1.82, 2.24) is 30.2 Å². The quantitative estimate of drug-likeness (QED) is 0.202. The fourth-order valence-electron chi connectivity index (χ4n) is 8.25. The Morgan fingerprint density at radius 1 is 0.982 bits per heavy atom. The third-order valence-corrected chi connectivity index (χ3v) is 11.3. The predicted octanol–water partition coefficient (Wildman–Crippen LogP) is 3.53. The number of fused-ring (bicyclic) bond motifs is 2. The summed E-state index contributed by atoms with van der Waals surface area (Å²) in [6.07, 6.45) is 0.865. The van der Waals surface area contributed by atoms with Crippen LogP contribution in [0.15, 0.2) is 66.7 Å². The minimum atomic E-state index is -1.16. The Morgan fingerprint density at radius 2 is 1.72 bits per heavy atom. The number of imide groups is 2. The Morgan fingerprint density at radius 3 is 2.42 bits per heavy atom. The Kier molecular flexibility index (Phi) is 10.1. The Balaban J connectivity index is 0.840. The molecule has 2 fully saturated rings. The maximum absolute atomic E-state index is 15.3. The van der Waals surface area contributed by atoms with Crippen LogP contribution in [-0.2, 0) is 38.8 Å². The SMILES string of the molecule is COC(C(=O)N1Cc2[nH]nc(NC(=O)c3ccc(N4CCC(N(C)Cc5cc(F)c6c(c5)C(=O)N(C5CCC(=O)NC5=O)C6=O)CC4)cc3)c2C1)c1ccccc1. The van der Waals surface area contributed by atoms with Crippen LogP contribution in [-0.4, -0.2) is 99.7 Å². The number of rotatable bonds is 10. The van der Waals surface area contributed by atoms with Gasteiger partial charge in [-0.05, 0) is 73.8 Å². The summed E-state index contributed by atoms with van der Waals surface area (Å²) >= 11 is 0. The van der Waals surface area contributed by atoms with Crippen molar-refractivity contribution in [2.24, 2.45) is 0 Å². The third kappa shape index (κ3) is 7.17. The number of carbonyl (C=O) groups is 6. The summed E-state index contributed by atoms with van der Waals surface area (Å²) in [5.74, 6) is -3.77. The molecular weight excluding hydrogens is 735 g/mol. The fraction of sp³-hybridized carbons (Fsp3) is 0.341. The highest BCUT2D eigenvalue weighted by Crippen LogP contribution is 2.33. The molecule has 0 spiro atoms. The Labute approximate surface area is 327 Å². The largest absolute Gasteiger partial charge is 0.371 e. The first-order valence-electron chi connectivity index (χ1n) is 18.8. The Bertz CT molecular complexity index is 2270. The molecule has 4 aliphatic heterocycles. The third-order valence-electron chi connectivity index (χ3n) is 11.3. The zero-order valence-corrected chi connectivity index (χ0v) is 31.4. The minimum Gasteiger partial charge on any atom is -0.371 e. The van der Waals surface area contributed by atoms with E-state index < -0.39 is 41.6 Å². The lowest BCUT2D eigenvalue weighted by Crippen LogP contribution is -2.54. The molecule has 0 bridgehead atoms. The van der Waals surface area contributed by atoms with E-state index >= 15 is 4.39 Å². The van der Waals surface area contributed by atoms with Gasteiger partial charge in [-0.15, -0.1) is 0 Å². The van der Waals surface area contributed by atoms with Crippen LogP contribution in [0, 0.1) is 5.82 Å². The van der Waals surface area contributed by atoms with Crippen molar-refractivity contribution >= 4 is 46.9 Å². The number of methoxy groups -OCH3 is 1. The molecule has 8 rings (SSSR count). The van der Waals surface area contributed by atoms with Crippen molar-refractivity contribution in [3.63, 3.8) is 0 Å². The van der Waals surface area contributed by atoms with Crippen molar-refractivity contribution in [2.75, 3.05) is 37.5 Å². The molecule has 2 saturated heterocycles. The highest BCUT2D eigenvalue weighted by atomic mass is 19.1. The van der Waals surface area contributed by atoms with Crippen molar-refractivity contribution in [2.45, 2.75) is 63.5 Å². The van der Waals surface area contributed by atoms with Gasteiger partial charge in [0.1, 0.15) is 11.9 Å². The van der Waals surface area contributed by atoms with Crippen molar-refractivity contribution in [1.29, 1.82) is 0 Å². The maximum Gasteiger partial charge on any atom is 0.265 e. The van der Waals surface area contributed by atoms with Gasteiger partial charge in [-0.25, -0.2) is 4.39 Å². The van der Waals surface area contributed by atoms with Crippen LogP contribution < -0.4 is 15.5 Å². The number of carbonyl (C=O) groups excluding carboxylic acids is 6.